The Labute approximate surface area is 114 Å². The van der Waals surface area contributed by atoms with Crippen molar-refractivity contribution in [1.29, 1.82) is 0 Å². The van der Waals surface area contributed by atoms with Crippen LogP contribution in [0.4, 0.5) is 8.78 Å². The Bertz CT molecular complexity index is 642. The zero-order valence-corrected chi connectivity index (χ0v) is 10.6. The van der Waals surface area contributed by atoms with E-state index < -0.39 is 17.2 Å². The smallest absolute Gasteiger partial charge is 0.250 e. The first kappa shape index (κ1) is 12.9. The van der Waals surface area contributed by atoms with E-state index in [1.807, 2.05) is 0 Å². The van der Waals surface area contributed by atoms with E-state index in [-0.39, 0.29) is 11.5 Å². The van der Waals surface area contributed by atoms with E-state index in [1.165, 1.54) is 30.4 Å². The van der Waals surface area contributed by atoms with E-state index in [0.717, 1.165) is 19.3 Å². The van der Waals surface area contributed by atoms with Crippen LogP contribution in [0, 0.1) is 11.6 Å². The van der Waals surface area contributed by atoms with Crippen LogP contribution in [-0.2, 0) is 5.54 Å². The average molecular weight is 277 g/mol. The largest absolute Gasteiger partial charge is 0.335 e. The molecule has 2 N–H and O–H groups in total. The average Bonchev–Trinajstić information content (AvgIpc) is 2.84. The number of aromatic nitrogens is 2. The quantitative estimate of drug-likeness (QED) is 0.936. The summed E-state index contributed by atoms with van der Waals surface area (Å²) < 4.78 is 31.9. The fourth-order valence-corrected chi connectivity index (χ4v) is 2.11. The molecular formula is C14H13F2N3O. The first-order valence-electron chi connectivity index (χ1n) is 6.34. The van der Waals surface area contributed by atoms with Crippen LogP contribution in [0.25, 0.3) is 12.2 Å². The molecule has 104 valence electrons. The lowest BCUT2D eigenvalue weighted by atomic mass is 9.77. The molecule has 0 spiro atoms. The van der Waals surface area contributed by atoms with Gasteiger partial charge in [0.25, 0.3) is 5.89 Å². The molecule has 1 aliphatic carbocycles. The van der Waals surface area contributed by atoms with Crippen LogP contribution >= 0.6 is 0 Å². The Morgan fingerprint density at radius 1 is 1.20 bits per heavy atom. The molecule has 0 radical (unpaired) electrons. The highest BCUT2D eigenvalue weighted by atomic mass is 19.1. The Morgan fingerprint density at radius 3 is 2.50 bits per heavy atom. The van der Waals surface area contributed by atoms with Crippen LogP contribution in [0.1, 0.15) is 36.5 Å². The van der Waals surface area contributed by atoms with E-state index >= 15 is 0 Å². The maximum atomic E-state index is 13.4. The Morgan fingerprint density at radius 2 is 1.90 bits per heavy atom. The van der Waals surface area contributed by atoms with Crippen molar-refractivity contribution in [2.45, 2.75) is 24.8 Å². The van der Waals surface area contributed by atoms with Crippen LogP contribution in [0.15, 0.2) is 22.7 Å². The van der Waals surface area contributed by atoms with Gasteiger partial charge in [-0.3, -0.25) is 0 Å². The summed E-state index contributed by atoms with van der Waals surface area (Å²) in [6.45, 7) is 0. The lowest BCUT2D eigenvalue weighted by molar-refractivity contribution is 0.229. The fourth-order valence-electron chi connectivity index (χ4n) is 2.11. The Kier molecular flexibility index (Phi) is 3.10. The predicted molar refractivity (Wildman–Crippen MR) is 69.3 cm³/mol. The van der Waals surface area contributed by atoms with Crippen molar-refractivity contribution in [1.82, 2.24) is 10.1 Å². The molecule has 0 aliphatic heterocycles. The summed E-state index contributed by atoms with van der Waals surface area (Å²) in [4.78, 5) is 4.14. The van der Waals surface area contributed by atoms with Crippen molar-refractivity contribution in [3.05, 3.63) is 47.1 Å². The van der Waals surface area contributed by atoms with Crippen molar-refractivity contribution < 1.29 is 13.3 Å². The second-order valence-electron chi connectivity index (χ2n) is 4.93. The molecule has 0 amide bonds. The zero-order valence-electron chi connectivity index (χ0n) is 10.6. The third-order valence-electron chi connectivity index (χ3n) is 3.53. The highest BCUT2D eigenvalue weighted by Crippen LogP contribution is 2.36. The number of nitrogens with two attached hydrogens (primary N) is 1. The van der Waals surface area contributed by atoms with Gasteiger partial charge in [0.05, 0.1) is 5.54 Å². The molecule has 4 nitrogen and oxygen atoms in total. The molecule has 1 aromatic carbocycles. The molecule has 6 heteroatoms. The van der Waals surface area contributed by atoms with Gasteiger partial charge in [-0.05, 0) is 37.5 Å². The van der Waals surface area contributed by atoms with Crippen LogP contribution in [0.2, 0.25) is 0 Å². The molecule has 0 saturated heterocycles. The van der Waals surface area contributed by atoms with Crippen molar-refractivity contribution in [2.75, 3.05) is 0 Å². The van der Waals surface area contributed by atoms with Gasteiger partial charge < -0.3 is 10.3 Å². The summed E-state index contributed by atoms with van der Waals surface area (Å²) in [6, 6.07) is 3.68. The zero-order chi connectivity index (χ0) is 14.2. The van der Waals surface area contributed by atoms with Crippen molar-refractivity contribution in [2.24, 2.45) is 5.73 Å². The normalized spacial score (nSPS) is 17.4. The number of hydrogen-bond donors (Lipinski definition) is 1. The van der Waals surface area contributed by atoms with E-state index in [0.29, 0.717) is 5.82 Å². The number of rotatable bonds is 3. The third-order valence-corrected chi connectivity index (χ3v) is 3.53. The minimum Gasteiger partial charge on any atom is -0.335 e. The summed E-state index contributed by atoms with van der Waals surface area (Å²) in [5.74, 6) is -0.665. The molecule has 1 aromatic heterocycles. The van der Waals surface area contributed by atoms with Gasteiger partial charge in [0.1, 0.15) is 11.6 Å². The van der Waals surface area contributed by atoms with Crippen LogP contribution < -0.4 is 5.73 Å². The van der Waals surface area contributed by atoms with Crippen molar-refractivity contribution in [3.8, 4) is 0 Å². The van der Waals surface area contributed by atoms with Crippen LogP contribution in [-0.4, -0.2) is 10.1 Å². The molecule has 0 unspecified atom stereocenters. The number of nitrogens with zero attached hydrogens (tertiary/aromatic N) is 2. The number of benzene rings is 1. The van der Waals surface area contributed by atoms with Gasteiger partial charge in [0.2, 0.25) is 0 Å². The summed E-state index contributed by atoms with van der Waals surface area (Å²) in [5, 5.41) is 3.82. The van der Waals surface area contributed by atoms with E-state index in [1.54, 1.807) is 0 Å². The topological polar surface area (TPSA) is 64.9 Å². The standard InChI is InChI=1S/C14H13F2N3O/c15-10-3-1-4-11(16)9(10)5-6-12-18-13(19-20-12)14(17)7-2-8-14/h1,3-6H,2,7-8,17H2/b6-5+. The summed E-state index contributed by atoms with van der Waals surface area (Å²) in [5.41, 5.74) is 5.41. The maximum Gasteiger partial charge on any atom is 0.250 e. The summed E-state index contributed by atoms with van der Waals surface area (Å²) in [6.07, 6.45) is 5.32. The number of halogens is 2. The monoisotopic (exact) mass is 277 g/mol. The van der Waals surface area contributed by atoms with Crippen molar-refractivity contribution >= 4 is 12.2 Å². The second kappa shape index (κ2) is 4.79. The van der Waals surface area contributed by atoms with Gasteiger partial charge in [-0.1, -0.05) is 11.2 Å². The Hall–Kier alpha value is -2.08. The molecule has 20 heavy (non-hydrogen) atoms. The van der Waals surface area contributed by atoms with Crippen LogP contribution in [0.3, 0.4) is 0 Å². The highest BCUT2D eigenvalue weighted by molar-refractivity contribution is 5.66. The van der Waals surface area contributed by atoms with Crippen LogP contribution in [0.5, 0.6) is 0 Å². The van der Waals surface area contributed by atoms with Gasteiger partial charge in [0, 0.05) is 11.6 Å². The lowest BCUT2D eigenvalue weighted by Gasteiger charge is -2.34. The molecule has 0 atom stereocenters. The molecule has 1 saturated carbocycles. The second-order valence-corrected chi connectivity index (χ2v) is 4.93. The first-order chi connectivity index (χ1) is 9.58. The van der Waals surface area contributed by atoms with E-state index in [9.17, 15) is 8.78 Å². The molecule has 0 bridgehead atoms. The SMILES string of the molecule is NC1(c2noc(/C=C/c3c(F)cccc3F)n2)CCC1. The molecule has 3 rings (SSSR count). The summed E-state index contributed by atoms with van der Waals surface area (Å²) in [7, 11) is 0. The van der Waals surface area contributed by atoms with Crippen molar-refractivity contribution in [3.63, 3.8) is 0 Å². The first-order valence-corrected chi connectivity index (χ1v) is 6.34. The molecule has 1 heterocycles. The van der Waals surface area contributed by atoms with Gasteiger partial charge in [-0.25, -0.2) is 8.78 Å². The van der Waals surface area contributed by atoms with Gasteiger partial charge in [-0.2, -0.15) is 4.98 Å². The minimum absolute atomic E-state index is 0.140. The van der Waals surface area contributed by atoms with Gasteiger partial charge in [0.15, 0.2) is 5.82 Å². The molecular weight excluding hydrogens is 264 g/mol. The van der Waals surface area contributed by atoms with E-state index in [4.69, 9.17) is 10.3 Å². The molecule has 1 fully saturated rings. The van der Waals surface area contributed by atoms with E-state index in [2.05, 4.69) is 10.1 Å². The van der Waals surface area contributed by atoms with Gasteiger partial charge >= 0.3 is 0 Å². The third kappa shape index (κ3) is 2.22. The summed E-state index contributed by atoms with van der Waals surface area (Å²) >= 11 is 0. The molecule has 1 aliphatic rings. The highest BCUT2D eigenvalue weighted by Gasteiger charge is 2.38. The number of hydrogen-bond acceptors (Lipinski definition) is 4. The molecule has 2 aromatic rings. The fraction of sp³-hybridized carbons (Fsp3) is 0.286. The van der Waals surface area contributed by atoms with Gasteiger partial charge in [-0.15, -0.1) is 0 Å². The Balaban J connectivity index is 1.83. The minimum atomic E-state index is -0.643. The predicted octanol–water partition coefficient (Wildman–Crippen LogP) is 2.86. The lowest BCUT2D eigenvalue weighted by Crippen LogP contribution is -2.44. The maximum absolute atomic E-state index is 13.4.